The summed E-state index contributed by atoms with van der Waals surface area (Å²) in [6.07, 6.45) is 1.41. The van der Waals surface area contributed by atoms with Crippen LogP contribution in [0.15, 0.2) is 12.7 Å². The van der Waals surface area contributed by atoms with Crippen molar-refractivity contribution in [2.75, 3.05) is 26.2 Å². The molecule has 2 aliphatic carbocycles. The Hall–Kier alpha value is -2.01. The number of aliphatic hydroxyl groups is 2. The molecule has 40 heavy (non-hydrogen) atoms. The topological polar surface area (TPSA) is 135 Å². The summed E-state index contributed by atoms with van der Waals surface area (Å²) in [4.78, 5) is 42.2. The number of rotatable bonds is 6. The monoisotopic (exact) mass is 564 g/mol. The van der Waals surface area contributed by atoms with Crippen LogP contribution >= 0.6 is 0 Å². The summed E-state index contributed by atoms with van der Waals surface area (Å²) in [6.45, 7) is 16.9. The number of ether oxygens (including phenoxy) is 3. The van der Waals surface area contributed by atoms with Crippen LogP contribution in [0.5, 0.6) is 0 Å². The second kappa shape index (κ2) is 10.7. The number of alkyl carbamates (subject to hydrolysis) is 1. The molecule has 0 radical (unpaired) electrons. The molecule has 0 bridgehead atoms. The van der Waals surface area contributed by atoms with Gasteiger partial charge in [0.15, 0.2) is 17.5 Å². The van der Waals surface area contributed by atoms with Crippen LogP contribution in [-0.2, 0) is 23.8 Å². The average Bonchev–Trinajstić information content (AvgIpc) is 2.87. The van der Waals surface area contributed by atoms with Gasteiger partial charge in [-0.3, -0.25) is 9.59 Å². The van der Waals surface area contributed by atoms with Crippen LogP contribution in [0.1, 0.15) is 80.1 Å². The summed E-state index contributed by atoms with van der Waals surface area (Å²) in [6, 6.07) is 0. The molecule has 0 aromatic heterocycles. The fourth-order valence-electron chi connectivity index (χ4n) is 8.41. The normalized spacial score (nSPS) is 43.1. The molecule has 2 heterocycles. The first-order valence-electron chi connectivity index (χ1n) is 14.7. The van der Waals surface area contributed by atoms with Gasteiger partial charge in [0.1, 0.15) is 11.7 Å². The van der Waals surface area contributed by atoms with E-state index in [1.807, 2.05) is 13.8 Å². The number of carbonyl (C=O) groups is 3. The van der Waals surface area contributed by atoms with E-state index in [0.717, 1.165) is 25.9 Å². The van der Waals surface area contributed by atoms with Gasteiger partial charge in [0.25, 0.3) is 0 Å². The van der Waals surface area contributed by atoms with Crippen LogP contribution in [0.3, 0.4) is 0 Å². The van der Waals surface area contributed by atoms with Crippen LogP contribution in [0.25, 0.3) is 0 Å². The third-order valence-corrected chi connectivity index (χ3v) is 10.4. The number of piperidine rings is 1. The van der Waals surface area contributed by atoms with Gasteiger partial charge in [0, 0.05) is 37.8 Å². The van der Waals surface area contributed by atoms with E-state index >= 15 is 0 Å². The lowest BCUT2D eigenvalue weighted by atomic mass is 9.39. The van der Waals surface area contributed by atoms with E-state index in [-0.39, 0.29) is 6.42 Å². The number of aliphatic hydroxyl groups excluding tert-OH is 1. The minimum atomic E-state index is -2.25. The van der Waals surface area contributed by atoms with Crippen molar-refractivity contribution in [2.45, 2.75) is 115 Å². The van der Waals surface area contributed by atoms with E-state index in [1.165, 1.54) is 26.3 Å². The number of likely N-dealkylation sites (tertiary alicyclic amines) is 1. The van der Waals surface area contributed by atoms with E-state index in [9.17, 15) is 24.6 Å². The van der Waals surface area contributed by atoms with Crippen LogP contribution in [0.4, 0.5) is 4.79 Å². The van der Waals surface area contributed by atoms with Gasteiger partial charge < -0.3 is 34.6 Å². The highest BCUT2D eigenvalue weighted by atomic mass is 16.6. The molecule has 0 aromatic rings. The summed E-state index contributed by atoms with van der Waals surface area (Å²) in [5, 5.41) is 27.0. The first kappa shape index (κ1) is 30.9. The number of fused-ring (bicyclic) bond motifs is 3. The van der Waals surface area contributed by atoms with Gasteiger partial charge in [-0.25, -0.2) is 4.79 Å². The zero-order valence-electron chi connectivity index (χ0n) is 25.0. The van der Waals surface area contributed by atoms with E-state index in [0.29, 0.717) is 25.9 Å². The number of amides is 1. The van der Waals surface area contributed by atoms with Crippen LogP contribution in [0, 0.1) is 16.7 Å². The molecule has 4 aliphatic rings. The summed E-state index contributed by atoms with van der Waals surface area (Å²) >= 11 is 0. The molecule has 1 amide bonds. The fraction of sp³-hybridized carbons (Fsp3) is 0.833. The van der Waals surface area contributed by atoms with Gasteiger partial charge in [-0.2, -0.15) is 0 Å². The minimum absolute atomic E-state index is 0.173. The van der Waals surface area contributed by atoms with Gasteiger partial charge in [0.2, 0.25) is 0 Å². The first-order chi connectivity index (χ1) is 18.6. The molecule has 0 unspecified atom stereocenters. The van der Waals surface area contributed by atoms with Crippen molar-refractivity contribution in [2.24, 2.45) is 16.7 Å². The van der Waals surface area contributed by atoms with Crippen LogP contribution in [-0.4, -0.2) is 94.3 Å². The lowest BCUT2D eigenvalue weighted by molar-refractivity contribution is -0.369. The Morgan fingerprint density at radius 1 is 1.15 bits per heavy atom. The lowest BCUT2D eigenvalue weighted by Crippen LogP contribution is -2.87. The van der Waals surface area contributed by atoms with E-state index < -0.39 is 69.7 Å². The molecule has 4 rings (SSSR count). The molecular formula is C30H48N2O8. The molecule has 2 saturated carbocycles. The molecule has 0 spiro atoms. The highest BCUT2D eigenvalue weighted by Gasteiger charge is 2.82. The maximum Gasteiger partial charge on any atom is 0.407 e. The smallest absolute Gasteiger partial charge is 0.407 e. The molecule has 226 valence electrons. The molecule has 2 aliphatic heterocycles. The molecule has 8 atom stereocenters. The van der Waals surface area contributed by atoms with Crippen molar-refractivity contribution in [3.8, 4) is 0 Å². The number of nitrogens with zero attached hydrogens (tertiary/aromatic N) is 1. The van der Waals surface area contributed by atoms with Crippen molar-refractivity contribution in [1.82, 2.24) is 10.2 Å². The van der Waals surface area contributed by atoms with Crippen molar-refractivity contribution in [1.29, 1.82) is 0 Å². The molecule has 4 fully saturated rings. The molecule has 0 aromatic carbocycles. The maximum absolute atomic E-state index is 14.0. The van der Waals surface area contributed by atoms with Crippen molar-refractivity contribution < 1.29 is 38.8 Å². The third-order valence-electron chi connectivity index (χ3n) is 10.4. The van der Waals surface area contributed by atoms with Gasteiger partial charge in [-0.1, -0.05) is 33.3 Å². The number of carbonyl (C=O) groups excluding carboxylic acids is 3. The number of esters is 1. The number of Topliss-reactive ketones (excluding diaryl/α,β-unsaturated/α-hetero) is 1. The number of hydrogen-bond donors (Lipinski definition) is 3. The highest BCUT2D eigenvalue weighted by molar-refractivity contribution is 5.92. The van der Waals surface area contributed by atoms with Crippen molar-refractivity contribution in [3.63, 3.8) is 0 Å². The maximum atomic E-state index is 14.0. The van der Waals surface area contributed by atoms with Gasteiger partial charge in [-0.05, 0) is 58.0 Å². The predicted molar refractivity (Wildman–Crippen MR) is 147 cm³/mol. The molecule has 10 heteroatoms. The second-order valence-corrected chi connectivity index (χ2v) is 13.6. The third kappa shape index (κ3) is 4.78. The zero-order chi connectivity index (χ0) is 29.7. The summed E-state index contributed by atoms with van der Waals surface area (Å²) in [5.41, 5.74) is -7.40. The predicted octanol–water partition coefficient (Wildman–Crippen LogP) is 2.74. The Balaban J connectivity index is 1.77. The van der Waals surface area contributed by atoms with Gasteiger partial charge in [0.05, 0.1) is 11.7 Å². The average molecular weight is 565 g/mol. The SMILES string of the molecule is C=C[C@@]1(C)CC(=O)[C@]2(O)[C@@]3(C)[C@@H](O)CCC(C)(C)[C@@H]3[C@H](OC(=O)NCCN3CCCCC3)[C@H](OC(C)=O)[C@@]2(C)O1. The van der Waals surface area contributed by atoms with Gasteiger partial charge in [-0.15, -0.1) is 6.58 Å². The van der Waals surface area contributed by atoms with E-state index in [4.69, 9.17) is 14.2 Å². The molecular weight excluding hydrogens is 516 g/mol. The molecule has 3 N–H and O–H groups in total. The number of nitrogens with one attached hydrogen (secondary N) is 1. The second-order valence-electron chi connectivity index (χ2n) is 13.6. The minimum Gasteiger partial charge on any atom is -0.455 e. The largest absolute Gasteiger partial charge is 0.455 e. The Morgan fingerprint density at radius 3 is 2.40 bits per heavy atom. The van der Waals surface area contributed by atoms with Gasteiger partial charge >= 0.3 is 12.1 Å². The Kier molecular flexibility index (Phi) is 8.26. The van der Waals surface area contributed by atoms with E-state index in [2.05, 4.69) is 16.8 Å². The Labute approximate surface area is 237 Å². The Morgan fingerprint density at radius 2 is 1.80 bits per heavy atom. The quantitative estimate of drug-likeness (QED) is 0.329. The zero-order valence-corrected chi connectivity index (χ0v) is 25.0. The summed E-state index contributed by atoms with van der Waals surface area (Å²) in [5.74, 6) is -1.96. The number of hydrogen-bond acceptors (Lipinski definition) is 9. The van der Waals surface area contributed by atoms with Crippen LogP contribution < -0.4 is 5.32 Å². The molecule has 10 nitrogen and oxygen atoms in total. The Bertz CT molecular complexity index is 1030. The summed E-state index contributed by atoms with van der Waals surface area (Å²) < 4.78 is 18.5. The number of ketones is 1. The van der Waals surface area contributed by atoms with Crippen molar-refractivity contribution >= 4 is 17.8 Å². The lowest BCUT2D eigenvalue weighted by Gasteiger charge is -2.71. The van der Waals surface area contributed by atoms with E-state index in [1.54, 1.807) is 13.8 Å². The first-order valence-corrected chi connectivity index (χ1v) is 14.7. The fourth-order valence-corrected chi connectivity index (χ4v) is 8.41. The molecule has 2 saturated heterocycles. The standard InChI is InChI=1S/C30H48N2O8/c1-8-27(5)18-21(35)30(37)28(6)20(34)12-13-26(3,4)23(28)22(24(38-19(2)33)29(30,7)40-27)39-25(36)31-14-17-32-15-10-9-11-16-32/h8,20,22-24,34,37H,1,9-18H2,2-7H3,(H,31,36)/t20-,22-,23-,24-,27-,28-,29+,30-/m0/s1. The van der Waals surface area contributed by atoms with Crippen LogP contribution in [0.2, 0.25) is 0 Å². The van der Waals surface area contributed by atoms with Crippen molar-refractivity contribution in [3.05, 3.63) is 12.7 Å². The highest BCUT2D eigenvalue weighted by Crippen LogP contribution is 2.67. The summed E-state index contributed by atoms with van der Waals surface area (Å²) in [7, 11) is 0.